The Morgan fingerprint density at radius 2 is 1.81 bits per heavy atom. The minimum Gasteiger partial charge on any atom is -0.496 e. The number of rotatable bonds is 15. The topological polar surface area (TPSA) is 77.0 Å². The Kier molecular flexibility index (Phi) is 11.0. The number of hydrogen-bond donors (Lipinski definition) is 2. The molecular formula is C31H45NO5. The lowest BCUT2D eigenvalue weighted by Crippen LogP contribution is -2.45. The number of β-amino-alcohol motifs (C(OH)–C–C–N with tert-alkyl or cyclic N) is 1. The van der Waals surface area contributed by atoms with Crippen molar-refractivity contribution in [3.8, 4) is 5.75 Å². The molecule has 1 aliphatic rings. The van der Waals surface area contributed by atoms with Gasteiger partial charge in [-0.05, 0) is 81.5 Å². The van der Waals surface area contributed by atoms with Crippen LogP contribution in [0.15, 0.2) is 42.5 Å². The van der Waals surface area contributed by atoms with Gasteiger partial charge in [0, 0.05) is 24.1 Å². The quantitative estimate of drug-likeness (QED) is 0.321. The molecule has 0 bridgehead atoms. The fourth-order valence-corrected chi connectivity index (χ4v) is 5.50. The van der Waals surface area contributed by atoms with Crippen LogP contribution < -0.4 is 10.1 Å². The van der Waals surface area contributed by atoms with Crippen LogP contribution in [0.25, 0.3) is 0 Å². The van der Waals surface area contributed by atoms with Crippen molar-refractivity contribution in [2.45, 2.75) is 84.0 Å². The van der Waals surface area contributed by atoms with E-state index in [0.29, 0.717) is 25.5 Å². The van der Waals surface area contributed by atoms with E-state index in [0.717, 1.165) is 42.6 Å². The Bertz CT molecular complexity index is 980. The third kappa shape index (κ3) is 8.56. The highest BCUT2D eigenvalue weighted by Gasteiger charge is 2.28. The predicted octanol–water partition coefficient (Wildman–Crippen LogP) is 5.19. The molecule has 204 valence electrons. The van der Waals surface area contributed by atoms with Crippen molar-refractivity contribution in [2.24, 2.45) is 5.92 Å². The Labute approximate surface area is 222 Å². The van der Waals surface area contributed by atoms with E-state index in [4.69, 9.17) is 14.2 Å². The largest absolute Gasteiger partial charge is 0.496 e. The molecule has 0 aliphatic heterocycles. The van der Waals surface area contributed by atoms with Gasteiger partial charge in [0.1, 0.15) is 5.75 Å². The Balaban J connectivity index is 1.52. The zero-order chi connectivity index (χ0) is 26.8. The highest BCUT2D eigenvalue weighted by Crippen LogP contribution is 2.33. The Morgan fingerprint density at radius 1 is 1.11 bits per heavy atom. The minimum atomic E-state index is -0.623. The van der Waals surface area contributed by atoms with Crippen molar-refractivity contribution in [3.05, 3.63) is 64.7 Å². The van der Waals surface area contributed by atoms with Crippen LogP contribution in [0.5, 0.6) is 5.75 Å². The molecule has 0 aromatic heterocycles. The van der Waals surface area contributed by atoms with E-state index in [2.05, 4.69) is 50.4 Å². The molecule has 6 heteroatoms. The van der Waals surface area contributed by atoms with Crippen LogP contribution in [0.3, 0.4) is 0 Å². The van der Waals surface area contributed by atoms with Gasteiger partial charge in [-0.15, -0.1) is 0 Å². The lowest BCUT2D eigenvalue weighted by molar-refractivity contribution is -0.143. The van der Waals surface area contributed by atoms with Crippen molar-refractivity contribution in [1.82, 2.24) is 5.32 Å². The molecule has 2 N–H and O–H groups in total. The molecule has 6 nitrogen and oxygen atoms in total. The molecule has 3 rings (SSSR count). The highest BCUT2D eigenvalue weighted by atomic mass is 16.5. The van der Waals surface area contributed by atoms with Crippen molar-refractivity contribution in [2.75, 3.05) is 26.9 Å². The van der Waals surface area contributed by atoms with Gasteiger partial charge in [-0.1, -0.05) is 43.3 Å². The van der Waals surface area contributed by atoms with Gasteiger partial charge in [-0.3, -0.25) is 4.79 Å². The first-order valence-electron chi connectivity index (χ1n) is 13.7. The molecule has 0 saturated heterocycles. The number of fused-ring (bicyclic) bond motifs is 1. The molecule has 1 aliphatic carbocycles. The molecule has 0 radical (unpaired) electrons. The lowest BCUT2D eigenvalue weighted by Gasteiger charge is -2.31. The first kappa shape index (κ1) is 29.2. The number of methoxy groups -OCH3 is 1. The minimum absolute atomic E-state index is 0.0785. The summed E-state index contributed by atoms with van der Waals surface area (Å²) < 4.78 is 16.9. The smallest absolute Gasteiger partial charge is 0.306 e. The first-order valence-corrected chi connectivity index (χ1v) is 13.7. The second-order valence-electron chi connectivity index (χ2n) is 10.7. The molecule has 2 aromatic rings. The second-order valence-corrected chi connectivity index (χ2v) is 10.7. The van der Waals surface area contributed by atoms with Gasteiger partial charge in [0.15, 0.2) is 0 Å². The van der Waals surface area contributed by atoms with Crippen molar-refractivity contribution < 1.29 is 24.1 Å². The fourth-order valence-electron chi connectivity index (χ4n) is 5.50. The van der Waals surface area contributed by atoms with Crippen molar-refractivity contribution >= 4 is 5.97 Å². The molecular weight excluding hydrogens is 466 g/mol. The van der Waals surface area contributed by atoms with E-state index in [1.54, 1.807) is 7.11 Å². The van der Waals surface area contributed by atoms with E-state index in [-0.39, 0.29) is 30.6 Å². The number of aliphatic hydroxyl groups is 1. The third-order valence-electron chi connectivity index (χ3n) is 7.23. The predicted molar refractivity (Wildman–Crippen MR) is 147 cm³/mol. The highest BCUT2D eigenvalue weighted by molar-refractivity contribution is 5.70. The van der Waals surface area contributed by atoms with Gasteiger partial charge in [0.2, 0.25) is 0 Å². The monoisotopic (exact) mass is 511 g/mol. The van der Waals surface area contributed by atoms with Crippen LogP contribution in [0.1, 0.15) is 75.3 Å². The molecule has 0 saturated carbocycles. The molecule has 0 spiro atoms. The van der Waals surface area contributed by atoms with E-state index < -0.39 is 6.10 Å². The van der Waals surface area contributed by atoms with Crippen molar-refractivity contribution in [1.29, 1.82) is 0 Å². The summed E-state index contributed by atoms with van der Waals surface area (Å²) in [6.45, 7) is 9.36. The van der Waals surface area contributed by atoms with Gasteiger partial charge < -0.3 is 24.6 Å². The SMILES string of the molecule is CCOC(=O)CCc1c(OC)cccc1[C@@H](CC)OC[C@H](O)CNC(C)(C)CC1Cc2ccccc2C1. The van der Waals surface area contributed by atoms with E-state index in [1.165, 1.54) is 11.1 Å². The van der Waals surface area contributed by atoms with E-state index >= 15 is 0 Å². The van der Waals surface area contributed by atoms with Gasteiger partial charge in [-0.2, -0.15) is 0 Å². The van der Waals surface area contributed by atoms with Crippen LogP contribution in [-0.2, 0) is 33.5 Å². The normalized spacial score (nSPS) is 15.3. The summed E-state index contributed by atoms with van der Waals surface area (Å²) in [5.74, 6) is 1.14. The average Bonchev–Trinajstić information content (AvgIpc) is 3.28. The van der Waals surface area contributed by atoms with Gasteiger partial charge >= 0.3 is 5.97 Å². The molecule has 2 aromatic carbocycles. The lowest BCUT2D eigenvalue weighted by atomic mass is 9.88. The maximum absolute atomic E-state index is 12.0. The second kappa shape index (κ2) is 13.9. The first-order chi connectivity index (χ1) is 17.8. The van der Waals surface area contributed by atoms with Crippen molar-refractivity contribution in [3.63, 3.8) is 0 Å². The maximum Gasteiger partial charge on any atom is 0.306 e. The molecule has 0 heterocycles. The number of aliphatic hydroxyl groups excluding tert-OH is 1. The number of carbonyl (C=O) groups excluding carboxylic acids is 1. The molecule has 0 fully saturated rings. The molecule has 0 amide bonds. The summed E-state index contributed by atoms with van der Waals surface area (Å²) in [6, 6.07) is 14.6. The summed E-state index contributed by atoms with van der Waals surface area (Å²) in [6.07, 6.45) is 4.03. The number of hydrogen-bond acceptors (Lipinski definition) is 6. The number of ether oxygens (including phenoxy) is 3. The van der Waals surface area contributed by atoms with Crippen LogP contribution in [-0.4, -0.2) is 49.6 Å². The standard InChI is InChI=1S/C31H45NO5/c1-6-28(26-13-10-14-29(35-5)27(26)15-16-30(34)36-7-2)37-21-25(33)20-32-31(3,4)19-22-17-23-11-8-9-12-24(23)18-22/h8-14,22,25,28,32-33H,6-7,15-21H2,1-5H3/t25-,28-/m1/s1. The van der Waals surface area contributed by atoms with Gasteiger partial charge in [0.05, 0.1) is 32.5 Å². The average molecular weight is 512 g/mol. The zero-order valence-electron chi connectivity index (χ0n) is 23.2. The third-order valence-corrected chi connectivity index (χ3v) is 7.23. The number of carbonyl (C=O) groups is 1. The van der Waals surface area contributed by atoms with E-state index in [9.17, 15) is 9.90 Å². The maximum atomic E-state index is 12.0. The summed E-state index contributed by atoms with van der Waals surface area (Å²) in [5, 5.41) is 14.3. The zero-order valence-corrected chi connectivity index (χ0v) is 23.2. The van der Waals surface area contributed by atoms with Crippen LogP contribution in [0, 0.1) is 5.92 Å². The number of nitrogens with one attached hydrogen (secondary N) is 1. The van der Waals surface area contributed by atoms with Gasteiger partial charge in [-0.25, -0.2) is 0 Å². The van der Waals surface area contributed by atoms with E-state index in [1.807, 2.05) is 25.1 Å². The Hall–Kier alpha value is -2.41. The van der Waals surface area contributed by atoms with Crippen LogP contribution in [0.2, 0.25) is 0 Å². The summed E-state index contributed by atoms with van der Waals surface area (Å²) in [5.41, 5.74) is 4.82. The molecule has 0 unspecified atom stereocenters. The van der Waals surface area contributed by atoms with Gasteiger partial charge in [0.25, 0.3) is 0 Å². The summed E-state index contributed by atoms with van der Waals surface area (Å²) in [7, 11) is 1.64. The van der Waals surface area contributed by atoms with Crippen LogP contribution in [0.4, 0.5) is 0 Å². The van der Waals surface area contributed by atoms with Crippen LogP contribution >= 0.6 is 0 Å². The molecule has 37 heavy (non-hydrogen) atoms. The summed E-state index contributed by atoms with van der Waals surface area (Å²) >= 11 is 0. The number of benzene rings is 2. The Morgan fingerprint density at radius 3 is 2.43 bits per heavy atom. The number of esters is 1. The molecule has 2 atom stereocenters. The summed E-state index contributed by atoms with van der Waals surface area (Å²) in [4.78, 5) is 12.0. The fraction of sp³-hybridized carbons (Fsp3) is 0.581.